The molecule has 10 heteroatoms. The lowest BCUT2D eigenvalue weighted by molar-refractivity contribution is -0.123. The van der Waals surface area contributed by atoms with Crippen molar-refractivity contribution in [2.24, 2.45) is 5.92 Å². The number of piperidine rings is 1. The highest BCUT2D eigenvalue weighted by Crippen LogP contribution is 2.28. The van der Waals surface area contributed by atoms with Gasteiger partial charge in [-0.05, 0) is 49.2 Å². The van der Waals surface area contributed by atoms with E-state index in [0.29, 0.717) is 37.3 Å². The predicted octanol–water partition coefficient (Wildman–Crippen LogP) is 3.25. The van der Waals surface area contributed by atoms with E-state index in [2.05, 4.69) is 25.2 Å². The first-order valence-corrected chi connectivity index (χ1v) is 10.7. The number of anilines is 2. The van der Waals surface area contributed by atoms with Crippen molar-refractivity contribution in [3.05, 3.63) is 78.4 Å². The van der Waals surface area contributed by atoms with E-state index in [1.54, 1.807) is 29.2 Å². The summed E-state index contributed by atoms with van der Waals surface area (Å²) in [4.78, 5) is 21.3. The van der Waals surface area contributed by atoms with Gasteiger partial charge in [0, 0.05) is 31.3 Å². The minimum Gasteiger partial charge on any atom is -0.355 e. The van der Waals surface area contributed by atoms with Gasteiger partial charge in [-0.25, -0.2) is 8.78 Å². The summed E-state index contributed by atoms with van der Waals surface area (Å²) >= 11 is 0. The Hall–Kier alpha value is -3.95. The number of halogens is 2. The van der Waals surface area contributed by atoms with E-state index >= 15 is 0 Å². The zero-order chi connectivity index (χ0) is 22.8. The molecule has 1 aromatic carbocycles. The molecule has 3 aromatic heterocycles. The Balaban J connectivity index is 1.34. The quantitative estimate of drug-likeness (QED) is 0.465. The highest BCUT2D eigenvalue weighted by molar-refractivity contribution is 5.95. The summed E-state index contributed by atoms with van der Waals surface area (Å²) in [5.41, 5.74) is 1.34. The fourth-order valence-electron chi connectivity index (χ4n) is 4.10. The third-order valence-electron chi connectivity index (χ3n) is 5.83. The molecule has 168 valence electrons. The monoisotopic (exact) mass is 449 g/mol. The van der Waals surface area contributed by atoms with E-state index in [0.717, 1.165) is 18.0 Å². The van der Waals surface area contributed by atoms with Crippen LogP contribution in [0.25, 0.3) is 5.65 Å². The van der Waals surface area contributed by atoms with Crippen LogP contribution in [0, 0.1) is 17.6 Å². The van der Waals surface area contributed by atoms with Crippen LogP contribution in [0.2, 0.25) is 0 Å². The van der Waals surface area contributed by atoms with Crippen molar-refractivity contribution in [2.75, 3.05) is 22.9 Å². The maximum Gasteiger partial charge on any atom is 0.230 e. The Morgan fingerprint density at radius 2 is 1.94 bits per heavy atom. The number of hydrogen-bond donors (Lipinski definition) is 0. The number of rotatable bonds is 5. The van der Waals surface area contributed by atoms with Crippen molar-refractivity contribution in [2.45, 2.75) is 19.4 Å². The van der Waals surface area contributed by atoms with Crippen LogP contribution in [0.15, 0.2) is 61.1 Å². The lowest BCUT2D eigenvalue weighted by Crippen LogP contribution is -2.43. The molecule has 0 saturated carbocycles. The molecule has 0 radical (unpaired) electrons. The Morgan fingerprint density at radius 1 is 1.09 bits per heavy atom. The molecule has 5 rings (SSSR count). The van der Waals surface area contributed by atoms with E-state index in [1.165, 1.54) is 11.0 Å². The van der Waals surface area contributed by atoms with Crippen molar-refractivity contribution in [3.8, 4) is 0 Å². The number of aromatic nitrogens is 5. The van der Waals surface area contributed by atoms with Crippen LogP contribution in [0.4, 0.5) is 20.3 Å². The number of carbonyl (C=O) groups excluding carboxylic acids is 1. The Morgan fingerprint density at radius 3 is 2.70 bits per heavy atom. The number of pyridine rings is 1. The second-order valence-corrected chi connectivity index (χ2v) is 7.93. The van der Waals surface area contributed by atoms with Crippen molar-refractivity contribution < 1.29 is 13.6 Å². The third kappa shape index (κ3) is 4.36. The Labute approximate surface area is 188 Å². The number of carbonyl (C=O) groups is 1. The summed E-state index contributed by atoms with van der Waals surface area (Å²) in [7, 11) is 0. The number of hydrogen-bond acceptors (Lipinski definition) is 6. The van der Waals surface area contributed by atoms with E-state index in [1.807, 2.05) is 18.2 Å². The fourth-order valence-corrected chi connectivity index (χ4v) is 4.10. The van der Waals surface area contributed by atoms with E-state index in [-0.39, 0.29) is 24.1 Å². The molecular formula is C23H21F2N7O. The minimum atomic E-state index is -0.775. The average molecular weight is 449 g/mol. The Bertz CT molecular complexity index is 1270. The smallest absolute Gasteiger partial charge is 0.230 e. The standard InChI is InChI=1S/C23H21F2N7O/c24-17-4-5-20(19(25)13-17)31(14-18-3-1-2-10-26-18)23(33)16-8-11-30(12-9-16)22-7-6-21-28-27-15-32(21)29-22/h1-7,10,13,15-16H,8-9,11-12,14H2. The second kappa shape index (κ2) is 8.89. The van der Waals surface area contributed by atoms with Gasteiger partial charge in [0.2, 0.25) is 5.91 Å². The molecule has 0 atom stereocenters. The fraction of sp³-hybridized carbons (Fsp3) is 0.261. The first-order chi connectivity index (χ1) is 16.1. The summed E-state index contributed by atoms with van der Waals surface area (Å²) in [5.74, 6) is -1.18. The molecule has 0 unspecified atom stereocenters. The first-order valence-electron chi connectivity index (χ1n) is 10.7. The largest absolute Gasteiger partial charge is 0.355 e. The van der Waals surface area contributed by atoms with Gasteiger partial charge < -0.3 is 9.80 Å². The normalized spacial score (nSPS) is 14.5. The topological polar surface area (TPSA) is 79.5 Å². The maximum absolute atomic E-state index is 14.6. The zero-order valence-electron chi connectivity index (χ0n) is 17.7. The van der Waals surface area contributed by atoms with Crippen LogP contribution in [0.3, 0.4) is 0 Å². The molecule has 1 aliphatic rings. The highest BCUT2D eigenvalue weighted by Gasteiger charge is 2.31. The molecule has 1 aliphatic heterocycles. The number of amides is 1. The molecule has 4 aromatic rings. The van der Waals surface area contributed by atoms with Crippen LogP contribution in [0.5, 0.6) is 0 Å². The van der Waals surface area contributed by atoms with Crippen LogP contribution < -0.4 is 9.80 Å². The lowest BCUT2D eigenvalue weighted by Gasteiger charge is -2.34. The molecule has 1 amide bonds. The second-order valence-electron chi connectivity index (χ2n) is 7.93. The molecule has 1 saturated heterocycles. The van der Waals surface area contributed by atoms with Crippen LogP contribution in [-0.2, 0) is 11.3 Å². The van der Waals surface area contributed by atoms with Gasteiger partial charge in [-0.15, -0.1) is 15.3 Å². The van der Waals surface area contributed by atoms with Gasteiger partial charge >= 0.3 is 0 Å². The zero-order valence-corrected chi connectivity index (χ0v) is 17.7. The van der Waals surface area contributed by atoms with Crippen LogP contribution >= 0.6 is 0 Å². The van der Waals surface area contributed by atoms with Gasteiger partial charge in [-0.2, -0.15) is 4.52 Å². The molecule has 0 bridgehead atoms. The number of fused-ring (bicyclic) bond motifs is 1. The van der Waals surface area contributed by atoms with Crippen molar-refractivity contribution >= 4 is 23.1 Å². The van der Waals surface area contributed by atoms with Crippen molar-refractivity contribution in [1.82, 2.24) is 24.8 Å². The summed E-state index contributed by atoms with van der Waals surface area (Å²) in [6.07, 6.45) is 4.34. The molecular weight excluding hydrogens is 428 g/mol. The maximum atomic E-state index is 14.6. The summed E-state index contributed by atoms with van der Waals surface area (Å²) in [5, 5.41) is 12.3. The molecule has 0 N–H and O–H groups in total. The third-order valence-corrected chi connectivity index (χ3v) is 5.83. The first kappa shape index (κ1) is 20.9. The summed E-state index contributed by atoms with van der Waals surface area (Å²) in [6, 6.07) is 12.3. The predicted molar refractivity (Wildman–Crippen MR) is 118 cm³/mol. The molecule has 1 fully saturated rings. The molecule has 4 heterocycles. The van der Waals surface area contributed by atoms with E-state index < -0.39 is 11.6 Å². The lowest BCUT2D eigenvalue weighted by atomic mass is 9.94. The number of nitrogens with zero attached hydrogens (tertiary/aromatic N) is 7. The van der Waals surface area contributed by atoms with Gasteiger partial charge in [0.25, 0.3) is 0 Å². The van der Waals surface area contributed by atoms with E-state index in [9.17, 15) is 13.6 Å². The highest BCUT2D eigenvalue weighted by atomic mass is 19.1. The van der Waals surface area contributed by atoms with Gasteiger partial charge in [-0.1, -0.05) is 6.07 Å². The van der Waals surface area contributed by atoms with Crippen LogP contribution in [-0.4, -0.2) is 43.8 Å². The van der Waals surface area contributed by atoms with E-state index in [4.69, 9.17) is 0 Å². The van der Waals surface area contributed by atoms with Crippen molar-refractivity contribution in [3.63, 3.8) is 0 Å². The minimum absolute atomic E-state index is 0.0502. The van der Waals surface area contributed by atoms with Gasteiger partial charge in [-0.3, -0.25) is 9.78 Å². The van der Waals surface area contributed by atoms with Gasteiger partial charge in [0.05, 0.1) is 17.9 Å². The average Bonchev–Trinajstić information content (AvgIpc) is 3.31. The molecule has 8 nitrogen and oxygen atoms in total. The van der Waals surface area contributed by atoms with Gasteiger partial charge in [0.1, 0.15) is 23.8 Å². The molecule has 0 aliphatic carbocycles. The number of benzene rings is 1. The molecule has 33 heavy (non-hydrogen) atoms. The van der Waals surface area contributed by atoms with Gasteiger partial charge in [0.15, 0.2) is 5.65 Å². The Kier molecular flexibility index (Phi) is 5.64. The van der Waals surface area contributed by atoms with Crippen molar-refractivity contribution in [1.29, 1.82) is 0 Å². The summed E-state index contributed by atoms with van der Waals surface area (Å²) < 4.78 is 29.7. The summed E-state index contributed by atoms with van der Waals surface area (Å²) in [6.45, 7) is 1.36. The van der Waals surface area contributed by atoms with Crippen LogP contribution in [0.1, 0.15) is 18.5 Å². The SMILES string of the molecule is O=C(C1CCN(c2ccc3nncn3n2)CC1)N(Cc1ccccn1)c1ccc(F)cc1F. The molecule has 0 spiro atoms.